The smallest absolute Gasteiger partial charge is 0.251 e. The molecule has 0 radical (unpaired) electrons. The lowest BCUT2D eigenvalue weighted by Crippen LogP contribution is -2.44. The first-order valence-electron chi connectivity index (χ1n) is 12.9. The van der Waals surface area contributed by atoms with E-state index in [4.69, 9.17) is 4.98 Å². The van der Waals surface area contributed by atoms with Crippen LogP contribution in [-0.2, 0) is 6.54 Å². The largest absolute Gasteiger partial charge is 0.357 e. The predicted octanol–water partition coefficient (Wildman–Crippen LogP) is 4.77. The van der Waals surface area contributed by atoms with E-state index in [0.717, 1.165) is 68.4 Å². The Bertz CT molecular complexity index is 1100. The highest BCUT2D eigenvalue weighted by Crippen LogP contribution is 2.23. The van der Waals surface area contributed by atoms with Gasteiger partial charge in [0.15, 0.2) is 0 Å². The van der Waals surface area contributed by atoms with Crippen LogP contribution in [0.15, 0.2) is 67.1 Å². The number of anilines is 1. The number of carbonyl (C=O) groups excluding carboxylic acids is 1. The fourth-order valence-corrected chi connectivity index (χ4v) is 5.07. The van der Waals surface area contributed by atoms with Crippen molar-refractivity contribution in [3.05, 3.63) is 78.2 Å². The lowest BCUT2D eigenvalue weighted by molar-refractivity contribution is 0.0909. The second-order valence-electron chi connectivity index (χ2n) is 10.0. The van der Waals surface area contributed by atoms with Gasteiger partial charge < -0.3 is 10.2 Å². The number of nitrogens with zero attached hydrogens (tertiary/aromatic N) is 4. The Balaban J connectivity index is 1.10. The zero-order chi connectivity index (χ0) is 24.0. The number of aromatic nitrogens is 2. The summed E-state index contributed by atoms with van der Waals surface area (Å²) in [5.41, 5.74) is 3.98. The number of rotatable bonds is 6. The highest BCUT2D eigenvalue weighted by molar-refractivity contribution is 5.95. The van der Waals surface area contributed by atoms with Crippen molar-refractivity contribution in [2.45, 2.75) is 45.2 Å². The van der Waals surface area contributed by atoms with Crippen molar-refractivity contribution in [3.8, 4) is 11.1 Å². The van der Waals surface area contributed by atoms with Crippen LogP contribution in [0.4, 0.5) is 5.82 Å². The minimum absolute atomic E-state index is 0.00101. The Labute approximate surface area is 208 Å². The van der Waals surface area contributed by atoms with Gasteiger partial charge in [0.25, 0.3) is 5.91 Å². The van der Waals surface area contributed by atoms with Crippen molar-refractivity contribution < 1.29 is 4.79 Å². The molecule has 0 saturated carbocycles. The summed E-state index contributed by atoms with van der Waals surface area (Å²) in [6, 6.07) is 16.3. The maximum Gasteiger partial charge on any atom is 0.251 e. The average Bonchev–Trinajstić information content (AvgIpc) is 2.91. The van der Waals surface area contributed by atoms with E-state index in [2.05, 4.69) is 39.2 Å². The molecule has 5 rings (SSSR count). The Hall–Kier alpha value is -3.25. The molecule has 35 heavy (non-hydrogen) atoms. The SMILES string of the molecule is CC1CCN(c2ccc(CN3CCC(NC(=O)c4cccc(-c5cccnc5)c4)CC3)cn2)CC1. The van der Waals surface area contributed by atoms with Crippen LogP contribution >= 0.6 is 0 Å². The van der Waals surface area contributed by atoms with Crippen LogP contribution in [0.5, 0.6) is 0 Å². The Morgan fingerprint density at radius 2 is 1.74 bits per heavy atom. The number of pyridine rings is 2. The molecule has 6 heteroatoms. The number of benzene rings is 1. The first kappa shape index (κ1) is 23.5. The van der Waals surface area contributed by atoms with Gasteiger partial charge in [-0.25, -0.2) is 4.98 Å². The van der Waals surface area contributed by atoms with Gasteiger partial charge in [-0.2, -0.15) is 0 Å². The van der Waals surface area contributed by atoms with Gasteiger partial charge in [-0.05, 0) is 67.0 Å². The molecule has 0 aliphatic carbocycles. The second-order valence-corrected chi connectivity index (χ2v) is 10.0. The van der Waals surface area contributed by atoms with E-state index in [1.54, 1.807) is 6.20 Å². The predicted molar refractivity (Wildman–Crippen MR) is 140 cm³/mol. The Morgan fingerprint density at radius 3 is 2.46 bits per heavy atom. The molecule has 2 aromatic heterocycles. The number of likely N-dealkylation sites (tertiary alicyclic amines) is 1. The van der Waals surface area contributed by atoms with Crippen LogP contribution in [0.25, 0.3) is 11.1 Å². The molecule has 1 aromatic carbocycles. The second kappa shape index (κ2) is 11.0. The summed E-state index contributed by atoms with van der Waals surface area (Å²) < 4.78 is 0. The van der Waals surface area contributed by atoms with E-state index < -0.39 is 0 Å². The molecule has 0 unspecified atom stereocenters. The van der Waals surface area contributed by atoms with E-state index in [0.29, 0.717) is 5.56 Å². The number of piperidine rings is 2. The molecule has 4 heterocycles. The minimum atomic E-state index is 0.00101. The van der Waals surface area contributed by atoms with Gasteiger partial charge in [-0.3, -0.25) is 14.7 Å². The van der Waals surface area contributed by atoms with Crippen molar-refractivity contribution >= 4 is 11.7 Å². The first-order valence-corrected chi connectivity index (χ1v) is 12.9. The van der Waals surface area contributed by atoms with Crippen molar-refractivity contribution in [1.82, 2.24) is 20.2 Å². The summed E-state index contributed by atoms with van der Waals surface area (Å²) in [6.07, 6.45) is 10.1. The summed E-state index contributed by atoms with van der Waals surface area (Å²) in [5.74, 6) is 1.94. The van der Waals surface area contributed by atoms with Crippen LogP contribution in [-0.4, -0.2) is 53.0 Å². The first-order chi connectivity index (χ1) is 17.1. The zero-order valence-corrected chi connectivity index (χ0v) is 20.6. The summed E-state index contributed by atoms with van der Waals surface area (Å²) in [5, 5.41) is 3.25. The molecule has 2 fully saturated rings. The number of amides is 1. The summed E-state index contributed by atoms with van der Waals surface area (Å²) >= 11 is 0. The minimum Gasteiger partial charge on any atom is -0.357 e. The van der Waals surface area contributed by atoms with Gasteiger partial charge in [0.1, 0.15) is 5.82 Å². The van der Waals surface area contributed by atoms with Crippen LogP contribution < -0.4 is 10.2 Å². The average molecular weight is 470 g/mol. The van der Waals surface area contributed by atoms with Gasteiger partial charge in [0.05, 0.1) is 0 Å². The molecule has 1 amide bonds. The highest BCUT2D eigenvalue weighted by Gasteiger charge is 2.22. The van der Waals surface area contributed by atoms with E-state index in [1.807, 2.05) is 48.8 Å². The van der Waals surface area contributed by atoms with Crippen molar-refractivity contribution in [2.75, 3.05) is 31.1 Å². The van der Waals surface area contributed by atoms with E-state index in [1.165, 1.54) is 18.4 Å². The molecule has 2 saturated heterocycles. The maximum absolute atomic E-state index is 12.9. The number of carbonyl (C=O) groups is 1. The number of nitrogens with one attached hydrogen (secondary N) is 1. The summed E-state index contributed by atoms with van der Waals surface area (Å²) in [7, 11) is 0. The fourth-order valence-electron chi connectivity index (χ4n) is 5.07. The molecule has 0 spiro atoms. The molecule has 3 aromatic rings. The third-order valence-corrected chi connectivity index (χ3v) is 7.37. The van der Waals surface area contributed by atoms with Crippen LogP contribution in [0, 0.1) is 5.92 Å². The molecule has 1 N–H and O–H groups in total. The lowest BCUT2D eigenvalue weighted by atomic mass is 9.99. The van der Waals surface area contributed by atoms with E-state index in [9.17, 15) is 4.79 Å². The van der Waals surface area contributed by atoms with Crippen molar-refractivity contribution in [2.24, 2.45) is 5.92 Å². The van der Waals surface area contributed by atoms with Gasteiger partial charge in [-0.15, -0.1) is 0 Å². The molecule has 0 bridgehead atoms. The maximum atomic E-state index is 12.9. The Kier molecular flexibility index (Phi) is 7.38. The van der Waals surface area contributed by atoms with Gasteiger partial charge in [0.2, 0.25) is 0 Å². The summed E-state index contributed by atoms with van der Waals surface area (Å²) in [4.78, 5) is 26.7. The molecule has 0 atom stereocenters. The van der Waals surface area contributed by atoms with Gasteiger partial charge in [0, 0.05) is 68.5 Å². The lowest BCUT2D eigenvalue weighted by Gasteiger charge is -2.33. The van der Waals surface area contributed by atoms with Crippen molar-refractivity contribution in [3.63, 3.8) is 0 Å². The standard InChI is InChI=1S/C29H35N5O/c1-22-9-16-34(17-10-22)28-8-7-23(19-31-28)21-33-14-11-27(12-15-33)32-29(35)25-5-2-4-24(18-25)26-6-3-13-30-20-26/h2-8,13,18-20,22,27H,9-12,14-17,21H2,1H3,(H,32,35). The molecule has 6 nitrogen and oxygen atoms in total. The molecule has 2 aliphatic rings. The van der Waals surface area contributed by atoms with Crippen molar-refractivity contribution in [1.29, 1.82) is 0 Å². The molecular formula is C29H35N5O. The fraction of sp³-hybridized carbons (Fsp3) is 0.414. The van der Waals surface area contributed by atoms with Crippen LogP contribution in [0.2, 0.25) is 0 Å². The molecule has 2 aliphatic heterocycles. The zero-order valence-electron chi connectivity index (χ0n) is 20.6. The van der Waals surface area contributed by atoms with E-state index >= 15 is 0 Å². The number of hydrogen-bond donors (Lipinski definition) is 1. The van der Waals surface area contributed by atoms with E-state index in [-0.39, 0.29) is 11.9 Å². The third kappa shape index (κ3) is 6.06. The van der Waals surface area contributed by atoms with Gasteiger partial charge >= 0.3 is 0 Å². The van der Waals surface area contributed by atoms with Gasteiger partial charge in [-0.1, -0.05) is 31.2 Å². The monoisotopic (exact) mass is 469 g/mol. The molecular weight excluding hydrogens is 434 g/mol. The quantitative estimate of drug-likeness (QED) is 0.563. The normalized spacial score (nSPS) is 17.9. The highest BCUT2D eigenvalue weighted by atomic mass is 16.1. The Morgan fingerprint density at radius 1 is 0.943 bits per heavy atom. The van der Waals surface area contributed by atoms with Crippen LogP contribution in [0.1, 0.15) is 48.5 Å². The third-order valence-electron chi connectivity index (χ3n) is 7.37. The molecule has 182 valence electrons. The number of hydrogen-bond acceptors (Lipinski definition) is 5. The topological polar surface area (TPSA) is 61.4 Å². The van der Waals surface area contributed by atoms with Crippen LogP contribution in [0.3, 0.4) is 0 Å². The summed E-state index contributed by atoms with van der Waals surface area (Å²) in [6.45, 7) is 7.43.